The van der Waals surface area contributed by atoms with Crippen LogP contribution in [0.25, 0.3) is 0 Å². The summed E-state index contributed by atoms with van der Waals surface area (Å²) >= 11 is 0. The van der Waals surface area contributed by atoms with Crippen LogP contribution in [0.4, 0.5) is 6.01 Å². The summed E-state index contributed by atoms with van der Waals surface area (Å²) in [6.45, 7) is 4.66. The van der Waals surface area contributed by atoms with Crippen molar-refractivity contribution in [3.63, 3.8) is 0 Å². The Labute approximate surface area is 84.7 Å². The predicted molar refractivity (Wildman–Crippen MR) is 55.9 cm³/mol. The van der Waals surface area contributed by atoms with Gasteiger partial charge in [-0.2, -0.15) is 0 Å². The average molecular weight is 194 g/mol. The lowest BCUT2D eigenvalue weighted by Crippen LogP contribution is -2.19. The van der Waals surface area contributed by atoms with E-state index >= 15 is 0 Å². The number of nitrogen functional groups attached to an aromatic ring is 1. The Morgan fingerprint density at radius 1 is 1.43 bits per heavy atom. The fourth-order valence-corrected chi connectivity index (χ4v) is 2.17. The van der Waals surface area contributed by atoms with E-state index in [-0.39, 0.29) is 0 Å². The van der Waals surface area contributed by atoms with Crippen molar-refractivity contribution in [2.45, 2.75) is 45.4 Å². The summed E-state index contributed by atoms with van der Waals surface area (Å²) in [6.07, 6.45) is 6.69. The van der Waals surface area contributed by atoms with Gasteiger partial charge in [0.05, 0.1) is 6.20 Å². The molecular weight excluding hydrogens is 176 g/mol. The number of hydrogen-bond donors (Lipinski definition) is 1. The minimum absolute atomic E-state index is 0.296. The molecule has 1 aromatic heterocycles. The smallest absolute Gasteiger partial charge is 0.292 e. The van der Waals surface area contributed by atoms with Gasteiger partial charge in [0.15, 0.2) is 0 Å². The molecule has 0 aliphatic heterocycles. The second-order valence-electron chi connectivity index (χ2n) is 5.04. The molecule has 3 nitrogen and oxygen atoms in total. The molecule has 0 unspecified atom stereocenters. The fourth-order valence-electron chi connectivity index (χ4n) is 2.17. The molecule has 0 saturated heterocycles. The Hall–Kier alpha value is -0.990. The quantitative estimate of drug-likeness (QED) is 0.747. The Bertz CT molecular complexity index is 307. The highest BCUT2D eigenvalue weighted by atomic mass is 16.4. The number of anilines is 1. The summed E-state index contributed by atoms with van der Waals surface area (Å²) in [5.74, 6) is 1.51. The standard InChI is InChI=1S/C11H18N2O/c1-11(2)5-3-8(4-6-11)9-7-13-10(12)14-9/h7-8H,3-6H2,1-2H3,(H2,12,13). The molecule has 1 fully saturated rings. The second-order valence-corrected chi connectivity index (χ2v) is 5.04. The maximum atomic E-state index is 5.46. The zero-order valence-corrected chi connectivity index (χ0v) is 8.92. The van der Waals surface area contributed by atoms with Gasteiger partial charge in [-0.25, -0.2) is 4.98 Å². The summed E-state index contributed by atoms with van der Waals surface area (Å²) in [5, 5.41) is 0. The van der Waals surface area contributed by atoms with Gasteiger partial charge >= 0.3 is 0 Å². The highest BCUT2D eigenvalue weighted by Gasteiger charge is 2.29. The second kappa shape index (κ2) is 3.30. The van der Waals surface area contributed by atoms with Crippen molar-refractivity contribution in [2.24, 2.45) is 5.41 Å². The lowest BCUT2D eigenvalue weighted by molar-refractivity contribution is 0.213. The molecule has 1 heterocycles. The molecule has 0 aromatic carbocycles. The van der Waals surface area contributed by atoms with Crippen LogP contribution in [0.5, 0.6) is 0 Å². The monoisotopic (exact) mass is 194 g/mol. The van der Waals surface area contributed by atoms with Crippen LogP contribution in [-0.4, -0.2) is 4.98 Å². The third kappa shape index (κ3) is 1.91. The van der Waals surface area contributed by atoms with Crippen LogP contribution in [0.3, 0.4) is 0 Å². The molecule has 1 aromatic rings. The highest BCUT2D eigenvalue weighted by Crippen LogP contribution is 2.42. The van der Waals surface area contributed by atoms with Crippen molar-refractivity contribution < 1.29 is 4.42 Å². The molecule has 0 bridgehead atoms. The first kappa shape index (κ1) is 9.56. The lowest BCUT2D eigenvalue weighted by atomic mass is 9.72. The Morgan fingerprint density at radius 2 is 2.07 bits per heavy atom. The van der Waals surface area contributed by atoms with Crippen LogP contribution in [0.15, 0.2) is 10.6 Å². The molecule has 0 amide bonds. The van der Waals surface area contributed by atoms with Crippen molar-refractivity contribution in [2.75, 3.05) is 5.73 Å². The molecule has 1 aliphatic carbocycles. The molecule has 0 atom stereocenters. The number of rotatable bonds is 1. The van der Waals surface area contributed by atoms with Gasteiger partial charge in [0.25, 0.3) is 6.01 Å². The molecule has 78 valence electrons. The van der Waals surface area contributed by atoms with E-state index < -0.39 is 0 Å². The van der Waals surface area contributed by atoms with Gasteiger partial charge < -0.3 is 10.2 Å². The third-order valence-electron chi connectivity index (χ3n) is 3.28. The summed E-state index contributed by atoms with van der Waals surface area (Å²) in [5.41, 5.74) is 5.96. The largest absolute Gasteiger partial charge is 0.429 e. The van der Waals surface area contributed by atoms with Gasteiger partial charge in [0.1, 0.15) is 5.76 Å². The van der Waals surface area contributed by atoms with E-state index in [4.69, 9.17) is 10.2 Å². The summed E-state index contributed by atoms with van der Waals surface area (Å²) < 4.78 is 5.36. The predicted octanol–water partition coefficient (Wildman–Crippen LogP) is 2.94. The minimum Gasteiger partial charge on any atom is -0.429 e. The maximum absolute atomic E-state index is 5.46. The van der Waals surface area contributed by atoms with Gasteiger partial charge in [-0.05, 0) is 31.1 Å². The van der Waals surface area contributed by atoms with E-state index in [1.54, 1.807) is 6.20 Å². The van der Waals surface area contributed by atoms with E-state index in [1.165, 1.54) is 25.7 Å². The van der Waals surface area contributed by atoms with Crippen LogP contribution in [0.1, 0.15) is 51.2 Å². The zero-order valence-electron chi connectivity index (χ0n) is 8.92. The molecule has 2 rings (SSSR count). The van der Waals surface area contributed by atoms with E-state index in [2.05, 4.69) is 18.8 Å². The highest BCUT2D eigenvalue weighted by molar-refractivity contribution is 5.14. The molecule has 2 N–H and O–H groups in total. The van der Waals surface area contributed by atoms with Gasteiger partial charge in [-0.3, -0.25) is 0 Å². The number of hydrogen-bond acceptors (Lipinski definition) is 3. The number of oxazole rings is 1. The Balaban J connectivity index is 2.02. The fraction of sp³-hybridized carbons (Fsp3) is 0.727. The topological polar surface area (TPSA) is 52.0 Å². The van der Waals surface area contributed by atoms with Gasteiger partial charge in [-0.1, -0.05) is 13.8 Å². The average Bonchev–Trinajstić information content (AvgIpc) is 2.52. The van der Waals surface area contributed by atoms with Crippen LogP contribution in [0.2, 0.25) is 0 Å². The van der Waals surface area contributed by atoms with Crippen molar-refractivity contribution in [3.8, 4) is 0 Å². The number of nitrogens with two attached hydrogens (primary N) is 1. The maximum Gasteiger partial charge on any atom is 0.292 e. The van der Waals surface area contributed by atoms with Crippen molar-refractivity contribution in [1.29, 1.82) is 0 Å². The van der Waals surface area contributed by atoms with Gasteiger partial charge in [0.2, 0.25) is 0 Å². The van der Waals surface area contributed by atoms with Crippen molar-refractivity contribution in [1.82, 2.24) is 4.98 Å². The molecule has 0 spiro atoms. The Kier molecular flexibility index (Phi) is 2.25. The summed E-state index contributed by atoms with van der Waals surface area (Å²) in [4.78, 5) is 3.94. The molecule has 3 heteroatoms. The molecule has 0 radical (unpaired) electrons. The third-order valence-corrected chi connectivity index (χ3v) is 3.28. The minimum atomic E-state index is 0.296. The van der Waals surface area contributed by atoms with E-state index in [9.17, 15) is 0 Å². The SMILES string of the molecule is CC1(C)CCC(c2cnc(N)o2)CC1. The first-order valence-electron chi connectivity index (χ1n) is 5.28. The molecule has 14 heavy (non-hydrogen) atoms. The molecule has 1 aliphatic rings. The number of nitrogens with zero attached hydrogens (tertiary/aromatic N) is 1. The molecular formula is C11H18N2O. The van der Waals surface area contributed by atoms with Crippen LogP contribution in [-0.2, 0) is 0 Å². The van der Waals surface area contributed by atoms with Gasteiger partial charge in [-0.15, -0.1) is 0 Å². The van der Waals surface area contributed by atoms with Crippen LogP contribution in [0, 0.1) is 5.41 Å². The Morgan fingerprint density at radius 3 is 2.57 bits per heavy atom. The van der Waals surface area contributed by atoms with E-state index in [0.29, 0.717) is 17.3 Å². The van der Waals surface area contributed by atoms with E-state index in [1.807, 2.05) is 0 Å². The van der Waals surface area contributed by atoms with E-state index in [0.717, 1.165) is 5.76 Å². The van der Waals surface area contributed by atoms with Crippen molar-refractivity contribution in [3.05, 3.63) is 12.0 Å². The normalized spacial score (nSPS) is 22.4. The summed E-state index contributed by atoms with van der Waals surface area (Å²) in [7, 11) is 0. The van der Waals surface area contributed by atoms with Crippen LogP contribution >= 0.6 is 0 Å². The van der Waals surface area contributed by atoms with Crippen molar-refractivity contribution >= 4 is 6.01 Å². The lowest BCUT2D eigenvalue weighted by Gasteiger charge is -2.33. The number of aromatic nitrogens is 1. The first-order valence-corrected chi connectivity index (χ1v) is 5.28. The van der Waals surface area contributed by atoms with Gasteiger partial charge in [0, 0.05) is 5.92 Å². The van der Waals surface area contributed by atoms with Crippen LogP contribution < -0.4 is 5.73 Å². The zero-order chi connectivity index (χ0) is 10.2. The summed E-state index contributed by atoms with van der Waals surface area (Å²) in [6, 6.07) is 0.296. The first-order chi connectivity index (χ1) is 6.57. The molecule has 1 saturated carbocycles.